The Morgan fingerprint density at radius 3 is 2.48 bits per heavy atom. The Morgan fingerprint density at radius 2 is 1.80 bits per heavy atom. The van der Waals surface area contributed by atoms with Crippen LogP contribution in [0.2, 0.25) is 0 Å². The molecule has 0 saturated carbocycles. The van der Waals surface area contributed by atoms with Gasteiger partial charge in [0, 0.05) is 5.75 Å². The maximum absolute atomic E-state index is 5.64. The Morgan fingerprint density at radius 1 is 1.04 bits per heavy atom. The summed E-state index contributed by atoms with van der Waals surface area (Å²) in [4.78, 5) is 0. The van der Waals surface area contributed by atoms with Crippen LogP contribution in [0.3, 0.4) is 0 Å². The average Bonchev–Trinajstić information content (AvgIpc) is 2.56. The quantitative estimate of drug-likeness (QED) is 0.579. The van der Waals surface area contributed by atoms with Gasteiger partial charge in [0.25, 0.3) is 0 Å². The Balaban J connectivity index is 2.17. The van der Waals surface area contributed by atoms with Crippen molar-refractivity contribution in [2.75, 3.05) is 5.75 Å². The highest BCUT2D eigenvalue weighted by atomic mass is 32.2. The molecular formula is C23H29NS. The van der Waals surface area contributed by atoms with E-state index in [0.717, 1.165) is 36.2 Å². The first-order valence-electron chi connectivity index (χ1n) is 8.77. The summed E-state index contributed by atoms with van der Waals surface area (Å²) in [6.45, 7) is 14.8. The van der Waals surface area contributed by atoms with Crippen molar-refractivity contribution in [3.63, 3.8) is 0 Å². The number of allylic oxidation sites excluding steroid dienone is 1. The summed E-state index contributed by atoms with van der Waals surface area (Å²) in [5.41, 5.74) is 10.3. The molecule has 1 nitrogen and oxygen atoms in total. The maximum Gasteiger partial charge on any atom is 0.0328 e. The molecular weight excluding hydrogens is 322 g/mol. The molecule has 0 spiro atoms. The Bertz CT molecular complexity index is 774. The number of aryl methyl sites for hydroxylation is 3. The third-order valence-electron chi connectivity index (χ3n) is 4.64. The van der Waals surface area contributed by atoms with Crippen molar-refractivity contribution < 1.29 is 0 Å². The molecule has 2 aromatic carbocycles. The van der Waals surface area contributed by atoms with Crippen LogP contribution in [-0.2, 0) is 12.8 Å². The molecule has 2 heteroatoms. The first-order chi connectivity index (χ1) is 11.9. The second kappa shape index (κ2) is 9.07. The molecule has 0 aliphatic heterocycles. The van der Waals surface area contributed by atoms with E-state index >= 15 is 0 Å². The fourth-order valence-corrected chi connectivity index (χ4v) is 3.70. The van der Waals surface area contributed by atoms with Gasteiger partial charge in [-0.1, -0.05) is 72.6 Å². The normalized spacial score (nSPS) is 10.7. The van der Waals surface area contributed by atoms with Crippen LogP contribution in [0.1, 0.15) is 46.7 Å². The van der Waals surface area contributed by atoms with Gasteiger partial charge >= 0.3 is 0 Å². The van der Waals surface area contributed by atoms with Crippen molar-refractivity contribution in [3.8, 4) is 0 Å². The summed E-state index contributed by atoms with van der Waals surface area (Å²) in [7, 11) is 0. The molecule has 0 unspecified atom stereocenters. The number of hydrogen-bond acceptors (Lipinski definition) is 2. The van der Waals surface area contributed by atoms with E-state index in [0.29, 0.717) is 0 Å². The van der Waals surface area contributed by atoms with E-state index in [1.54, 1.807) is 0 Å². The van der Waals surface area contributed by atoms with Gasteiger partial charge in [-0.15, -0.1) is 0 Å². The smallest absolute Gasteiger partial charge is 0.0328 e. The van der Waals surface area contributed by atoms with Gasteiger partial charge in [0.2, 0.25) is 0 Å². The minimum absolute atomic E-state index is 0.772. The summed E-state index contributed by atoms with van der Waals surface area (Å²) in [5, 5.41) is 5.64. The molecule has 0 radical (unpaired) electrons. The van der Waals surface area contributed by atoms with Gasteiger partial charge in [-0.05, 0) is 73.4 Å². The second-order valence-corrected chi connectivity index (χ2v) is 7.43. The molecule has 0 aromatic heterocycles. The molecule has 0 amide bonds. The average molecular weight is 352 g/mol. The second-order valence-electron chi connectivity index (χ2n) is 6.81. The minimum Gasteiger partial charge on any atom is -0.278 e. The third kappa shape index (κ3) is 5.10. The van der Waals surface area contributed by atoms with E-state index in [1.807, 2.05) is 0 Å². The summed E-state index contributed by atoms with van der Waals surface area (Å²) >= 11 is 1.34. The lowest BCUT2D eigenvalue weighted by Gasteiger charge is -2.15. The lowest BCUT2D eigenvalue weighted by Crippen LogP contribution is -2.01. The monoisotopic (exact) mass is 351 g/mol. The first-order valence-corrected chi connectivity index (χ1v) is 9.82. The van der Waals surface area contributed by atoms with Crippen molar-refractivity contribution in [2.45, 2.75) is 40.0 Å². The molecule has 0 aliphatic rings. The zero-order valence-corrected chi connectivity index (χ0v) is 16.5. The molecule has 2 rings (SSSR count). The lowest BCUT2D eigenvalue weighted by atomic mass is 9.91. The predicted octanol–water partition coefficient (Wildman–Crippen LogP) is 6.13. The molecule has 0 fully saturated rings. The zero-order valence-electron chi connectivity index (χ0n) is 15.7. The van der Waals surface area contributed by atoms with Crippen LogP contribution in [0.5, 0.6) is 0 Å². The summed E-state index contributed by atoms with van der Waals surface area (Å²) < 4.78 is 0. The van der Waals surface area contributed by atoms with E-state index in [-0.39, 0.29) is 0 Å². The van der Waals surface area contributed by atoms with Gasteiger partial charge in [-0.2, -0.15) is 0 Å². The lowest BCUT2D eigenvalue weighted by molar-refractivity contribution is 0.812. The van der Waals surface area contributed by atoms with Crippen LogP contribution < -0.4 is 5.14 Å². The molecule has 25 heavy (non-hydrogen) atoms. The van der Waals surface area contributed by atoms with Gasteiger partial charge in [-0.3, -0.25) is 5.14 Å². The standard InChI is InChI=1S/C23H29NS/c1-16(2)21-13-12-17(3)14-20(21)9-7-11-22-18(4)8-6-10-23(22)19(5)15-25-24/h6,8,10,12-14H,1,5,7,9,11,15,24H2,2-4H3. The summed E-state index contributed by atoms with van der Waals surface area (Å²) in [5.74, 6) is 0.772. The van der Waals surface area contributed by atoms with Gasteiger partial charge < -0.3 is 0 Å². The van der Waals surface area contributed by atoms with E-state index < -0.39 is 0 Å². The van der Waals surface area contributed by atoms with Crippen LogP contribution in [0.4, 0.5) is 0 Å². The molecule has 0 bridgehead atoms. The summed E-state index contributed by atoms with van der Waals surface area (Å²) in [6, 6.07) is 13.1. The molecule has 0 aliphatic carbocycles. The van der Waals surface area contributed by atoms with Crippen molar-refractivity contribution in [1.82, 2.24) is 0 Å². The van der Waals surface area contributed by atoms with E-state index in [9.17, 15) is 0 Å². The Labute approximate surface area is 157 Å². The van der Waals surface area contributed by atoms with Crippen LogP contribution in [0, 0.1) is 13.8 Å². The van der Waals surface area contributed by atoms with Gasteiger partial charge in [0.05, 0.1) is 0 Å². The fourth-order valence-electron chi connectivity index (χ4n) is 3.35. The van der Waals surface area contributed by atoms with E-state index in [2.05, 4.69) is 70.3 Å². The first kappa shape index (κ1) is 19.6. The zero-order chi connectivity index (χ0) is 18.4. The third-order valence-corrected chi connectivity index (χ3v) is 5.16. The van der Waals surface area contributed by atoms with Gasteiger partial charge in [-0.25, -0.2) is 0 Å². The highest BCUT2D eigenvalue weighted by molar-refractivity contribution is 7.97. The van der Waals surface area contributed by atoms with Crippen molar-refractivity contribution in [3.05, 3.63) is 82.9 Å². The van der Waals surface area contributed by atoms with Crippen molar-refractivity contribution >= 4 is 23.1 Å². The highest BCUT2D eigenvalue weighted by Crippen LogP contribution is 2.26. The summed E-state index contributed by atoms with van der Waals surface area (Å²) in [6.07, 6.45) is 3.24. The Hall–Kier alpha value is -1.77. The van der Waals surface area contributed by atoms with Crippen LogP contribution in [-0.4, -0.2) is 5.75 Å². The molecule has 0 atom stereocenters. The predicted molar refractivity (Wildman–Crippen MR) is 115 cm³/mol. The Kier molecular flexibility index (Phi) is 7.10. The minimum atomic E-state index is 0.772. The van der Waals surface area contributed by atoms with Crippen molar-refractivity contribution in [2.24, 2.45) is 5.14 Å². The van der Waals surface area contributed by atoms with Gasteiger partial charge in [0.1, 0.15) is 0 Å². The number of benzene rings is 2. The van der Waals surface area contributed by atoms with E-state index in [4.69, 9.17) is 5.14 Å². The number of hydrogen-bond donors (Lipinski definition) is 1. The molecule has 2 N–H and O–H groups in total. The number of nitrogens with two attached hydrogens (primary N) is 1. The number of rotatable bonds is 8. The molecule has 2 aromatic rings. The SMILES string of the molecule is C=C(C)c1ccc(C)cc1CCCc1c(C)cccc1C(=C)CSN. The topological polar surface area (TPSA) is 26.0 Å². The van der Waals surface area contributed by atoms with Crippen LogP contribution in [0.25, 0.3) is 11.1 Å². The van der Waals surface area contributed by atoms with Crippen LogP contribution >= 0.6 is 11.9 Å². The fraction of sp³-hybridized carbons (Fsp3) is 0.304. The highest BCUT2D eigenvalue weighted by Gasteiger charge is 2.10. The van der Waals surface area contributed by atoms with Crippen LogP contribution in [0.15, 0.2) is 49.6 Å². The van der Waals surface area contributed by atoms with Gasteiger partial charge in [0.15, 0.2) is 0 Å². The molecule has 0 heterocycles. The van der Waals surface area contributed by atoms with E-state index in [1.165, 1.54) is 45.3 Å². The molecule has 132 valence electrons. The maximum atomic E-state index is 5.64. The molecule has 0 saturated heterocycles. The van der Waals surface area contributed by atoms with Crippen molar-refractivity contribution in [1.29, 1.82) is 0 Å². The largest absolute Gasteiger partial charge is 0.278 e.